The van der Waals surface area contributed by atoms with Crippen molar-refractivity contribution in [3.05, 3.63) is 67.5 Å². The molecule has 3 rings (SSSR count). The van der Waals surface area contributed by atoms with E-state index < -0.39 is 17.4 Å². The molecule has 24 heavy (non-hydrogen) atoms. The Balaban J connectivity index is 2.31. The number of hydrogen-bond acceptors (Lipinski definition) is 6. The standard InChI is InChI=1S/C16H15N3O4S/c1-7-3-5-8(6-4-7)9-10(15(21)22-2)12(17)23-14-11(9)13(20)18-16(24)19-14/h3-6,9H,17H2,1-2H3,(H2,18,19,20,24). The van der Waals surface area contributed by atoms with Crippen LogP contribution in [0.1, 0.15) is 22.6 Å². The van der Waals surface area contributed by atoms with Crippen molar-refractivity contribution in [1.29, 1.82) is 0 Å². The third kappa shape index (κ3) is 2.61. The van der Waals surface area contributed by atoms with Crippen molar-refractivity contribution in [2.75, 3.05) is 7.11 Å². The molecule has 4 N–H and O–H groups in total. The van der Waals surface area contributed by atoms with Gasteiger partial charge in [0.15, 0.2) is 4.77 Å². The molecule has 0 bridgehead atoms. The third-order valence-corrected chi connectivity index (χ3v) is 4.02. The highest BCUT2D eigenvalue weighted by atomic mass is 32.1. The molecular weight excluding hydrogens is 330 g/mol. The van der Waals surface area contributed by atoms with Crippen molar-refractivity contribution in [3.63, 3.8) is 0 Å². The summed E-state index contributed by atoms with van der Waals surface area (Å²) in [6, 6.07) is 7.42. The molecule has 0 amide bonds. The molecule has 0 saturated heterocycles. The number of aryl methyl sites for hydroxylation is 1. The molecule has 0 aliphatic carbocycles. The van der Waals surface area contributed by atoms with E-state index in [1.165, 1.54) is 7.11 Å². The first-order valence-corrected chi connectivity index (χ1v) is 7.52. The van der Waals surface area contributed by atoms with Gasteiger partial charge >= 0.3 is 5.97 Å². The molecule has 0 radical (unpaired) electrons. The number of nitrogens with two attached hydrogens (primary N) is 1. The second-order valence-electron chi connectivity index (χ2n) is 5.37. The maximum atomic E-state index is 12.5. The van der Waals surface area contributed by atoms with Crippen molar-refractivity contribution in [2.24, 2.45) is 5.73 Å². The maximum Gasteiger partial charge on any atom is 0.340 e. The number of ether oxygens (including phenoxy) is 2. The van der Waals surface area contributed by atoms with Gasteiger partial charge in [0, 0.05) is 0 Å². The molecule has 7 nitrogen and oxygen atoms in total. The molecule has 0 saturated carbocycles. The van der Waals surface area contributed by atoms with E-state index in [2.05, 4.69) is 9.97 Å². The van der Waals surface area contributed by atoms with Crippen LogP contribution in [0.5, 0.6) is 5.88 Å². The van der Waals surface area contributed by atoms with Gasteiger partial charge in [0.25, 0.3) is 5.56 Å². The van der Waals surface area contributed by atoms with Crippen LogP contribution in [0.25, 0.3) is 0 Å². The van der Waals surface area contributed by atoms with Crippen molar-refractivity contribution in [3.8, 4) is 5.88 Å². The smallest absolute Gasteiger partial charge is 0.340 e. The van der Waals surface area contributed by atoms with Crippen LogP contribution in [0.3, 0.4) is 0 Å². The lowest BCUT2D eigenvalue weighted by molar-refractivity contribution is -0.136. The first kappa shape index (κ1) is 16.0. The van der Waals surface area contributed by atoms with Gasteiger partial charge in [-0.25, -0.2) is 4.79 Å². The molecule has 0 spiro atoms. The van der Waals surface area contributed by atoms with Crippen LogP contribution in [0.15, 0.2) is 40.5 Å². The SMILES string of the molecule is COC(=O)C1=C(N)Oc2[nH]c(=S)[nH]c(=O)c2C1c1ccc(C)cc1. The Kier molecular flexibility index (Phi) is 3.98. The number of benzene rings is 1. The van der Waals surface area contributed by atoms with Gasteiger partial charge in [0.1, 0.15) is 5.57 Å². The Morgan fingerprint density at radius 1 is 1.29 bits per heavy atom. The number of fused-ring (bicyclic) bond motifs is 1. The summed E-state index contributed by atoms with van der Waals surface area (Å²) in [6.45, 7) is 1.94. The quantitative estimate of drug-likeness (QED) is 0.563. The highest BCUT2D eigenvalue weighted by Gasteiger charge is 2.37. The average Bonchev–Trinajstić information content (AvgIpc) is 2.53. The average molecular weight is 345 g/mol. The Bertz CT molecular complexity index is 957. The van der Waals surface area contributed by atoms with Crippen LogP contribution in [-0.4, -0.2) is 23.0 Å². The van der Waals surface area contributed by atoms with E-state index in [1.807, 2.05) is 31.2 Å². The lowest BCUT2D eigenvalue weighted by Crippen LogP contribution is -2.32. The van der Waals surface area contributed by atoms with Crippen LogP contribution >= 0.6 is 12.2 Å². The molecular formula is C16H15N3O4S. The number of aromatic amines is 2. The fraction of sp³-hybridized carbons (Fsp3) is 0.188. The van der Waals surface area contributed by atoms with Gasteiger partial charge in [0.05, 0.1) is 18.6 Å². The molecule has 2 aromatic rings. The predicted molar refractivity (Wildman–Crippen MR) is 89.1 cm³/mol. The molecule has 1 aromatic heterocycles. The van der Waals surface area contributed by atoms with E-state index in [0.29, 0.717) is 5.56 Å². The number of nitrogens with one attached hydrogen (secondary N) is 2. The fourth-order valence-electron chi connectivity index (χ4n) is 2.69. The van der Waals surface area contributed by atoms with Crippen molar-refractivity contribution >= 4 is 18.2 Å². The summed E-state index contributed by atoms with van der Waals surface area (Å²) in [5, 5.41) is 0. The Morgan fingerprint density at radius 3 is 2.58 bits per heavy atom. The molecule has 8 heteroatoms. The van der Waals surface area contributed by atoms with Crippen LogP contribution in [0.4, 0.5) is 0 Å². The van der Waals surface area contributed by atoms with E-state index in [4.69, 9.17) is 27.4 Å². The minimum absolute atomic E-state index is 0.0740. The Labute approximate surface area is 142 Å². The zero-order chi connectivity index (χ0) is 17.4. The summed E-state index contributed by atoms with van der Waals surface area (Å²) < 4.78 is 10.3. The minimum Gasteiger partial charge on any atom is -0.465 e. The van der Waals surface area contributed by atoms with Gasteiger partial charge in [-0.15, -0.1) is 0 Å². The van der Waals surface area contributed by atoms with E-state index in [9.17, 15) is 9.59 Å². The highest BCUT2D eigenvalue weighted by Crippen LogP contribution is 2.39. The number of H-pyrrole nitrogens is 2. The summed E-state index contributed by atoms with van der Waals surface area (Å²) >= 11 is 4.96. The molecule has 1 aliphatic rings. The minimum atomic E-state index is -0.725. The number of rotatable bonds is 2. The van der Waals surface area contributed by atoms with Crippen LogP contribution in [-0.2, 0) is 9.53 Å². The van der Waals surface area contributed by atoms with Gasteiger partial charge < -0.3 is 20.2 Å². The first-order valence-electron chi connectivity index (χ1n) is 7.11. The lowest BCUT2D eigenvalue weighted by Gasteiger charge is -2.26. The summed E-state index contributed by atoms with van der Waals surface area (Å²) in [7, 11) is 1.24. The number of aromatic nitrogens is 2. The molecule has 2 heterocycles. The summed E-state index contributed by atoms with van der Waals surface area (Å²) in [4.78, 5) is 30.0. The van der Waals surface area contributed by atoms with Crippen molar-refractivity contribution < 1.29 is 14.3 Å². The summed E-state index contributed by atoms with van der Waals surface area (Å²) in [5.74, 6) is -1.39. The monoisotopic (exact) mass is 345 g/mol. The van der Waals surface area contributed by atoms with Crippen LogP contribution in [0.2, 0.25) is 0 Å². The number of carbonyl (C=O) groups is 1. The zero-order valence-electron chi connectivity index (χ0n) is 13.0. The summed E-state index contributed by atoms with van der Waals surface area (Å²) in [6.07, 6.45) is 0. The highest BCUT2D eigenvalue weighted by molar-refractivity contribution is 7.71. The molecule has 1 aliphatic heterocycles. The van der Waals surface area contributed by atoms with Gasteiger partial charge in [-0.3, -0.25) is 9.78 Å². The fourth-order valence-corrected chi connectivity index (χ4v) is 2.88. The Hall–Kier alpha value is -2.87. The topological polar surface area (TPSA) is 110 Å². The number of hydrogen-bond donors (Lipinski definition) is 3. The molecule has 1 atom stereocenters. The van der Waals surface area contributed by atoms with E-state index in [0.717, 1.165) is 5.56 Å². The second kappa shape index (κ2) is 5.97. The molecule has 1 aromatic carbocycles. The lowest BCUT2D eigenvalue weighted by atomic mass is 9.84. The number of esters is 1. The second-order valence-corrected chi connectivity index (χ2v) is 5.77. The largest absolute Gasteiger partial charge is 0.465 e. The summed E-state index contributed by atoms with van der Waals surface area (Å²) in [5.41, 5.74) is 7.52. The van der Waals surface area contributed by atoms with E-state index in [1.54, 1.807) is 0 Å². The zero-order valence-corrected chi connectivity index (χ0v) is 13.8. The predicted octanol–water partition coefficient (Wildman–Crippen LogP) is 1.61. The maximum absolute atomic E-state index is 12.5. The molecule has 0 fully saturated rings. The van der Waals surface area contributed by atoms with Crippen LogP contribution in [0, 0.1) is 11.7 Å². The molecule has 124 valence electrons. The first-order chi connectivity index (χ1) is 11.4. The van der Waals surface area contributed by atoms with Gasteiger partial charge in [-0.1, -0.05) is 29.8 Å². The van der Waals surface area contributed by atoms with Gasteiger partial charge in [-0.05, 0) is 24.7 Å². The van der Waals surface area contributed by atoms with E-state index >= 15 is 0 Å². The number of carbonyl (C=O) groups excluding carboxylic acids is 1. The van der Waals surface area contributed by atoms with Crippen LogP contribution < -0.4 is 16.0 Å². The van der Waals surface area contributed by atoms with Gasteiger partial charge in [0.2, 0.25) is 11.8 Å². The van der Waals surface area contributed by atoms with Crippen molar-refractivity contribution in [1.82, 2.24) is 9.97 Å². The van der Waals surface area contributed by atoms with Crippen molar-refractivity contribution in [2.45, 2.75) is 12.8 Å². The van der Waals surface area contributed by atoms with Gasteiger partial charge in [-0.2, -0.15) is 0 Å². The Morgan fingerprint density at radius 2 is 1.96 bits per heavy atom. The number of methoxy groups -OCH3 is 1. The van der Waals surface area contributed by atoms with E-state index in [-0.39, 0.29) is 27.7 Å². The molecule has 1 unspecified atom stereocenters. The third-order valence-electron chi connectivity index (χ3n) is 3.81. The normalized spacial score (nSPS) is 16.3.